The van der Waals surface area contributed by atoms with E-state index in [4.69, 9.17) is 10.8 Å². The quantitative estimate of drug-likeness (QED) is 0.715. The molecule has 2 heterocycles. The molecule has 1 aromatic rings. The van der Waals surface area contributed by atoms with E-state index in [0.29, 0.717) is 0 Å². The van der Waals surface area contributed by atoms with E-state index in [1.54, 1.807) is 11.8 Å². The average molecular weight is 228 g/mol. The van der Waals surface area contributed by atoms with Gasteiger partial charge in [-0.1, -0.05) is 0 Å². The van der Waals surface area contributed by atoms with Crippen molar-refractivity contribution in [3.05, 3.63) is 16.8 Å². The first-order valence-corrected chi connectivity index (χ1v) is 5.62. The molecule has 1 aliphatic rings. The maximum absolute atomic E-state index is 11.5. The van der Waals surface area contributed by atoms with E-state index in [-0.39, 0.29) is 28.9 Å². The Morgan fingerprint density at radius 1 is 1.67 bits per heavy atom. The molecule has 1 saturated heterocycles. The van der Waals surface area contributed by atoms with Crippen molar-refractivity contribution in [2.24, 2.45) is 0 Å². The van der Waals surface area contributed by atoms with Crippen LogP contribution in [0.25, 0.3) is 0 Å². The number of aromatic nitrogens is 3. The van der Waals surface area contributed by atoms with E-state index in [1.807, 2.05) is 0 Å². The van der Waals surface area contributed by atoms with Crippen LogP contribution in [0, 0.1) is 0 Å². The fourth-order valence-electron chi connectivity index (χ4n) is 1.58. The standard InChI is InChI=1S/C8H12N4O2S/c9-7-10-4-12(8(14)11-7)6-2-1-5(3-13)15-6/h4-6,13H,1-3H2,(H2,9,11,14)/t5-,6?/m0/s1. The fourth-order valence-corrected chi connectivity index (χ4v) is 2.93. The first kappa shape index (κ1) is 10.4. The van der Waals surface area contributed by atoms with Crippen LogP contribution in [0.1, 0.15) is 18.2 Å². The fraction of sp³-hybridized carbons (Fsp3) is 0.625. The van der Waals surface area contributed by atoms with Crippen molar-refractivity contribution < 1.29 is 5.11 Å². The van der Waals surface area contributed by atoms with Crippen LogP contribution >= 0.6 is 11.8 Å². The molecule has 0 saturated carbocycles. The number of nitrogens with zero attached hydrogens (tertiary/aromatic N) is 3. The number of aliphatic hydroxyl groups excluding tert-OH is 1. The van der Waals surface area contributed by atoms with Crippen LogP contribution in [0.15, 0.2) is 11.1 Å². The number of nitrogen functional groups attached to an aromatic ring is 1. The summed E-state index contributed by atoms with van der Waals surface area (Å²) in [5, 5.41) is 9.22. The van der Waals surface area contributed by atoms with Crippen molar-refractivity contribution in [3.8, 4) is 0 Å². The highest BCUT2D eigenvalue weighted by Gasteiger charge is 2.26. The molecule has 6 nitrogen and oxygen atoms in total. The largest absolute Gasteiger partial charge is 0.395 e. The monoisotopic (exact) mass is 228 g/mol. The second-order valence-electron chi connectivity index (χ2n) is 3.38. The summed E-state index contributed by atoms with van der Waals surface area (Å²) in [6, 6.07) is 0. The molecule has 0 radical (unpaired) electrons. The number of aliphatic hydroxyl groups is 1. The van der Waals surface area contributed by atoms with Gasteiger partial charge >= 0.3 is 5.69 Å². The second-order valence-corrected chi connectivity index (χ2v) is 4.86. The van der Waals surface area contributed by atoms with E-state index < -0.39 is 0 Å². The van der Waals surface area contributed by atoms with Gasteiger partial charge < -0.3 is 10.8 Å². The first-order chi connectivity index (χ1) is 7.20. The number of hydrogen-bond donors (Lipinski definition) is 2. The molecule has 1 fully saturated rings. The molecule has 0 spiro atoms. The van der Waals surface area contributed by atoms with Crippen LogP contribution in [-0.2, 0) is 0 Å². The molecule has 0 bridgehead atoms. The molecule has 3 N–H and O–H groups in total. The van der Waals surface area contributed by atoms with Gasteiger partial charge in [-0.25, -0.2) is 9.78 Å². The van der Waals surface area contributed by atoms with Crippen LogP contribution in [0.4, 0.5) is 5.95 Å². The van der Waals surface area contributed by atoms with Gasteiger partial charge in [0.15, 0.2) is 0 Å². The van der Waals surface area contributed by atoms with Gasteiger partial charge in [0, 0.05) is 5.25 Å². The normalized spacial score (nSPS) is 25.7. The number of hydrogen-bond acceptors (Lipinski definition) is 6. The predicted molar refractivity (Wildman–Crippen MR) is 57.4 cm³/mol. The number of thioether (sulfide) groups is 1. The van der Waals surface area contributed by atoms with Gasteiger partial charge in [0.2, 0.25) is 5.95 Å². The van der Waals surface area contributed by atoms with E-state index in [1.165, 1.54) is 10.9 Å². The zero-order chi connectivity index (χ0) is 10.8. The van der Waals surface area contributed by atoms with Crippen LogP contribution in [0.5, 0.6) is 0 Å². The van der Waals surface area contributed by atoms with Crippen molar-refractivity contribution in [2.75, 3.05) is 12.3 Å². The maximum atomic E-state index is 11.5. The zero-order valence-corrected chi connectivity index (χ0v) is 8.85. The van der Waals surface area contributed by atoms with Gasteiger partial charge in [0.1, 0.15) is 6.33 Å². The van der Waals surface area contributed by atoms with Crippen molar-refractivity contribution in [1.29, 1.82) is 0 Å². The third-order valence-corrected chi connectivity index (χ3v) is 3.89. The Hall–Kier alpha value is -1.08. The molecule has 1 aromatic heterocycles. The van der Waals surface area contributed by atoms with Gasteiger partial charge in [-0.15, -0.1) is 11.8 Å². The van der Waals surface area contributed by atoms with E-state index in [9.17, 15) is 4.79 Å². The average Bonchev–Trinajstić information content (AvgIpc) is 2.66. The molecule has 7 heteroatoms. The smallest absolute Gasteiger partial charge is 0.353 e. The Labute approximate surface area is 90.5 Å². The van der Waals surface area contributed by atoms with Crippen LogP contribution in [-0.4, -0.2) is 31.5 Å². The number of anilines is 1. The van der Waals surface area contributed by atoms with Crippen molar-refractivity contribution >= 4 is 17.7 Å². The van der Waals surface area contributed by atoms with Crippen molar-refractivity contribution in [1.82, 2.24) is 14.5 Å². The lowest BCUT2D eigenvalue weighted by Crippen LogP contribution is -2.26. The third kappa shape index (κ3) is 2.13. The molecule has 0 aromatic carbocycles. The number of nitrogens with two attached hydrogens (primary N) is 1. The van der Waals surface area contributed by atoms with Gasteiger partial charge in [-0.3, -0.25) is 4.57 Å². The highest BCUT2D eigenvalue weighted by Crippen LogP contribution is 2.39. The minimum atomic E-state index is -0.376. The molecular formula is C8H12N4O2S. The van der Waals surface area contributed by atoms with Gasteiger partial charge in [-0.05, 0) is 12.8 Å². The minimum absolute atomic E-state index is 0.00189. The summed E-state index contributed by atoms with van der Waals surface area (Å²) in [6.45, 7) is 0.145. The lowest BCUT2D eigenvalue weighted by atomic mass is 10.2. The summed E-state index contributed by atoms with van der Waals surface area (Å²) in [5.74, 6) is -0.00189. The van der Waals surface area contributed by atoms with E-state index in [2.05, 4.69) is 9.97 Å². The summed E-state index contributed by atoms with van der Waals surface area (Å²) >= 11 is 1.58. The molecule has 0 aliphatic carbocycles. The first-order valence-electron chi connectivity index (χ1n) is 4.67. The Morgan fingerprint density at radius 3 is 3.07 bits per heavy atom. The molecule has 82 valence electrons. The highest BCUT2D eigenvalue weighted by atomic mass is 32.2. The zero-order valence-electron chi connectivity index (χ0n) is 8.04. The topological polar surface area (TPSA) is 94.0 Å². The molecule has 15 heavy (non-hydrogen) atoms. The minimum Gasteiger partial charge on any atom is -0.395 e. The molecular weight excluding hydrogens is 216 g/mol. The van der Waals surface area contributed by atoms with E-state index >= 15 is 0 Å². The Bertz CT molecular complexity index is 408. The Morgan fingerprint density at radius 2 is 2.47 bits per heavy atom. The second kappa shape index (κ2) is 4.19. The molecule has 2 rings (SSSR count). The summed E-state index contributed by atoms with van der Waals surface area (Å²) in [4.78, 5) is 18.8. The summed E-state index contributed by atoms with van der Waals surface area (Å²) in [5.41, 5.74) is 4.92. The van der Waals surface area contributed by atoms with Crippen LogP contribution in [0.3, 0.4) is 0 Å². The molecule has 2 atom stereocenters. The van der Waals surface area contributed by atoms with Gasteiger partial charge in [0.05, 0.1) is 12.0 Å². The predicted octanol–water partition coefficient (Wildman–Crippen LogP) is -0.393. The van der Waals surface area contributed by atoms with E-state index in [0.717, 1.165) is 12.8 Å². The van der Waals surface area contributed by atoms with Crippen molar-refractivity contribution in [3.63, 3.8) is 0 Å². The Balaban J connectivity index is 2.20. The molecule has 0 amide bonds. The lowest BCUT2D eigenvalue weighted by Gasteiger charge is -2.11. The third-order valence-electron chi connectivity index (χ3n) is 2.34. The van der Waals surface area contributed by atoms with Gasteiger partial charge in [0.25, 0.3) is 0 Å². The van der Waals surface area contributed by atoms with Gasteiger partial charge in [-0.2, -0.15) is 4.98 Å². The summed E-state index contributed by atoms with van der Waals surface area (Å²) in [7, 11) is 0. The number of rotatable bonds is 2. The van der Waals surface area contributed by atoms with Crippen LogP contribution < -0.4 is 11.4 Å². The summed E-state index contributed by atoms with van der Waals surface area (Å²) in [6.07, 6.45) is 3.17. The SMILES string of the molecule is Nc1ncn(C2CC[C@@H](CO)S2)c(=O)n1. The summed E-state index contributed by atoms with van der Waals surface area (Å²) < 4.78 is 1.47. The highest BCUT2D eigenvalue weighted by molar-refractivity contribution is 8.00. The van der Waals surface area contributed by atoms with Crippen molar-refractivity contribution in [2.45, 2.75) is 23.5 Å². The molecule has 1 unspecified atom stereocenters. The lowest BCUT2D eigenvalue weighted by molar-refractivity contribution is 0.292. The van der Waals surface area contributed by atoms with Crippen LogP contribution in [0.2, 0.25) is 0 Å². The molecule has 1 aliphatic heterocycles. The Kier molecular flexibility index (Phi) is 2.92. The maximum Gasteiger partial charge on any atom is 0.353 e.